The van der Waals surface area contributed by atoms with E-state index in [1.807, 2.05) is 60.7 Å². The molecule has 4 aromatic rings. The molecule has 1 aromatic heterocycles. The van der Waals surface area contributed by atoms with Gasteiger partial charge in [0.05, 0.1) is 30.4 Å². The first-order valence-electron chi connectivity index (χ1n) is 9.33. The van der Waals surface area contributed by atoms with Crippen LogP contribution in [-0.4, -0.2) is 19.2 Å². The summed E-state index contributed by atoms with van der Waals surface area (Å²) in [5, 5.41) is 3.63. The maximum Gasteiger partial charge on any atom is 0.193 e. The minimum atomic E-state index is -0.119. The Balaban J connectivity index is 1.80. The molecule has 0 bridgehead atoms. The van der Waals surface area contributed by atoms with Crippen LogP contribution in [0.2, 0.25) is 0 Å². The number of hydrogen-bond donors (Lipinski definition) is 1. The lowest BCUT2D eigenvalue weighted by Gasteiger charge is -2.21. The third kappa shape index (κ3) is 2.81. The number of benzene rings is 2. The number of fused-ring (bicyclic) bond motifs is 4. The molecule has 4 nitrogen and oxygen atoms in total. The second-order valence-corrected chi connectivity index (χ2v) is 7.94. The fourth-order valence-corrected chi connectivity index (χ4v) is 5.06. The molecular weight excluding hydrogens is 382 g/mol. The van der Waals surface area contributed by atoms with Crippen LogP contribution in [0.25, 0.3) is 27.9 Å². The highest BCUT2D eigenvalue weighted by atomic mass is 32.2. The van der Waals surface area contributed by atoms with Crippen molar-refractivity contribution in [1.82, 2.24) is 4.98 Å². The maximum atomic E-state index is 13.8. The first kappa shape index (κ1) is 17.9. The number of H-pyrrole nitrogens is 1. The summed E-state index contributed by atoms with van der Waals surface area (Å²) in [4.78, 5) is 17.2. The van der Waals surface area contributed by atoms with E-state index in [0.717, 1.165) is 38.5 Å². The van der Waals surface area contributed by atoms with Crippen molar-refractivity contribution >= 4 is 39.6 Å². The minimum absolute atomic E-state index is 0.0640. The first-order chi connectivity index (χ1) is 14.2. The van der Waals surface area contributed by atoms with Crippen LogP contribution in [-0.2, 0) is 0 Å². The van der Waals surface area contributed by atoms with Crippen molar-refractivity contribution in [2.24, 2.45) is 0 Å². The fourth-order valence-electron chi connectivity index (χ4n) is 4.00. The molecule has 5 heteroatoms. The standard InChI is InChI=1S/C24H19NO3S/c1-27-19-10-8-15(13-20(19)28-2)24-21-14(11-12-29-24)7-9-18-22(23(21)26)16-5-3-4-6-17(16)25-18/h3-13,24-25H,1-2H3. The molecule has 1 N–H and O–H groups in total. The van der Waals surface area contributed by atoms with Gasteiger partial charge in [-0.15, -0.1) is 11.8 Å². The van der Waals surface area contributed by atoms with Crippen LogP contribution in [0.3, 0.4) is 0 Å². The molecule has 0 aliphatic carbocycles. The quantitative estimate of drug-likeness (QED) is 0.492. The number of ether oxygens (including phenoxy) is 2. The Labute approximate surface area is 172 Å². The number of para-hydroxylation sites is 1. The Bertz CT molecular complexity index is 1340. The zero-order valence-electron chi connectivity index (χ0n) is 16.1. The first-order valence-corrected chi connectivity index (χ1v) is 10.3. The summed E-state index contributed by atoms with van der Waals surface area (Å²) < 4.78 is 10.9. The molecule has 29 heavy (non-hydrogen) atoms. The van der Waals surface area contributed by atoms with Crippen molar-refractivity contribution in [2.45, 2.75) is 5.25 Å². The van der Waals surface area contributed by atoms with Crippen LogP contribution in [0.5, 0.6) is 11.5 Å². The van der Waals surface area contributed by atoms with E-state index in [4.69, 9.17) is 9.47 Å². The number of nitrogens with one attached hydrogen (secondary N) is 1. The minimum Gasteiger partial charge on any atom is -0.493 e. The van der Waals surface area contributed by atoms with Crippen LogP contribution in [0, 0.1) is 0 Å². The van der Waals surface area contributed by atoms with Crippen LogP contribution >= 0.6 is 11.8 Å². The molecule has 1 unspecified atom stereocenters. The molecule has 144 valence electrons. The van der Waals surface area contributed by atoms with Gasteiger partial charge in [0.2, 0.25) is 0 Å². The van der Waals surface area contributed by atoms with Crippen LogP contribution in [0.15, 0.2) is 64.8 Å². The van der Waals surface area contributed by atoms with E-state index in [2.05, 4.69) is 10.4 Å². The van der Waals surface area contributed by atoms with Gasteiger partial charge >= 0.3 is 0 Å². The normalized spacial score (nSPS) is 15.4. The Hall–Kier alpha value is -3.18. The summed E-state index contributed by atoms with van der Waals surface area (Å²) in [5.41, 5.74) is 4.64. The summed E-state index contributed by atoms with van der Waals surface area (Å²) in [6.45, 7) is 0. The molecule has 0 spiro atoms. The number of aromatic amines is 1. The molecule has 1 aliphatic heterocycles. The summed E-state index contributed by atoms with van der Waals surface area (Å²) in [6.07, 6.45) is 2.01. The van der Waals surface area contributed by atoms with E-state index in [9.17, 15) is 4.79 Å². The second-order valence-electron chi connectivity index (χ2n) is 6.92. The number of hydrogen-bond acceptors (Lipinski definition) is 4. The van der Waals surface area contributed by atoms with Gasteiger partial charge in [0.25, 0.3) is 0 Å². The highest BCUT2D eigenvalue weighted by Gasteiger charge is 2.25. The predicted molar refractivity (Wildman–Crippen MR) is 120 cm³/mol. The van der Waals surface area contributed by atoms with Gasteiger partial charge in [-0.25, -0.2) is 0 Å². The maximum absolute atomic E-state index is 13.8. The zero-order valence-corrected chi connectivity index (χ0v) is 16.9. The van der Waals surface area contributed by atoms with E-state index in [0.29, 0.717) is 11.5 Å². The summed E-state index contributed by atoms with van der Waals surface area (Å²) >= 11 is 1.63. The lowest BCUT2D eigenvalue weighted by atomic mass is 9.99. The van der Waals surface area contributed by atoms with E-state index in [-0.39, 0.29) is 10.7 Å². The van der Waals surface area contributed by atoms with Crippen molar-refractivity contribution in [3.05, 3.63) is 86.9 Å². The second kappa shape index (κ2) is 7.01. The van der Waals surface area contributed by atoms with E-state index in [1.165, 1.54) is 0 Å². The predicted octanol–water partition coefficient (Wildman–Crippen LogP) is 5.51. The third-order valence-corrected chi connectivity index (χ3v) is 6.46. The zero-order chi connectivity index (χ0) is 20.0. The van der Waals surface area contributed by atoms with Crippen molar-refractivity contribution in [2.75, 3.05) is 14.2 Å². The molecule has 3 aromatic carbocycles. The fraction of sp³-hybridized carbons (Fsp3) is 0.125. The highest BCUT2D eigenvalue weighted by molar-refractivity contribution is 8.02. The summed E-state index contributed by atoms with van der Waals surface area (Å²) in [7, 11) is 3.24. The van der Waals surface area contributed by atoms with Crippen molar-refractivity contribution in [3.63, 3.8) is 0 Å². The average Bonchev–Trinajstić information content (AvgIpc) is 3.08. The van der Waals surface area contributed by atoms with Gasteiger partial charge in [-0.1, -0.05) is 30.3 Å². The molecule has 0 radical (unpaired) electrons. The molecule has 5 rings (SSSR count). The lowest BCUT2D eigenvalue weighted by molar-refractivity contribution is 0.354. The SMILES string of the molecule is COc1ccc(C2SC=Cc3ccc4[nH]c5ccccc5c4c(=O)c32)cc1OC. The Morgan fingerprint density at radius 1 is 0.931 bits per heavy atom. The average molecular weight is 401 g/mol. The van der Waals surface area contributed by atoms with Crippen molar-refractivity contribution in [1.29, 1.82) is 0 Å². The number of methoxy groups -OCH3 is 2. The van der Waals surface area contributed by atoms with E-state index in [1.54, 1.807) is 26.0 Å². The van der Waals surface area contributed by atoms with Gasteiger partial charge in [0.1, 0.15) is 0 Å². The number of rotatable bonds is 3. The van der Waals surface area contributed by atoms with Crippen LogP contribution in [0.4, 0.5) is 0 Å². The van der Waals surface area contributed by atoms with Crippen molar-refractivity contribution in [3.8, 4) is 11.5 Å². The topological polar surface area (TPSA) is 51.3 Å². The van der Waals surface area contributed by atoms with E-state index < -0.39 is 0 Å². The smallest absolute Gasteiger partial charge is 0.193 e. The van der Waals surface area contributed by atoms with Crippen LogP contribution in [0.1, 0.15) is 21.9 Å². The Morgan fingerprint density at radius 3 is 2.59 bits per heavy atom. The molecular formula is C24H19NO3S. The van der Waals surface area contributed by atoms with Gasteiger partial charge in [-0.3, -0.25) is 4.79 Å². The van der Waals surface area contributed by atoms with Crippen molar-refractivity contribution < 1.29 is 9.47 Å². The number of aromatic nitrogens is 1. The third-order valence-electron chi connectivity index (χ3n) is 5.38. The largest absolute Gasteiger partial charge is 0.493 e. The molecule has 0 saturated carbocycles. The van der Waals surface area contributed by atoms with Gasteiger partial charge in [0, 0.05) is 16.5 Å². The summed E-state index contributed by atoms with van der Waals surface area (Å²) in [5.74, 6) is 1.33. The van der Waals surface area contributed by atoms with E-state index >= 15 is 0 Å². The molecule has 0 fully saturated rings. The summed E-state index contributed by atoms with van der Waals surface area (Å²) in [6, 6.07) is 17.8. The Kier molecular flexibility index (Phi) is 4.32. The molecule has 0 saturated heterocycles. The van der Waals surface area contributed by atoms with Gasteiger partial charge in [-0.2, -0.15) is 0 Å². The lowest BCUT2D eigenvalue weighted by Crippen LogP contribution is -2.14. The molecule has 1 aliphatic rings. The van der Waals surface area contributed by atoms with Gasteiger partial charge < -0.3 is 14.5 Å². The molecule has 1 atom stereocenters. The monoisotopic (exact) mass is 401 g/mol. The van der Waals surface area contributed by atoms with Gasteiger partial charge in [-0.05, 0) is 46.9 Å². The van der Waals surface area contributed by atoms with Gasteiger partial charge in [0.15, 0.2) is 16.9 Å². The number of thioether (sulfide) groups is 1. The molecule has 2 heterocycles. The highest BCUT2D eigenvalue weighted by Crippen LogP contribution is 2.43. The van der Waals surface area contributed by atoms with Crippen LogP contribution < -0.4 is 14.9 Å². The molecule has 0 amide bonds. The Morgan fingerprint density at radius 2 is 1.76 bits per heavy atom.